The van der Waals surface area contributed by atoms with E-state index in [4.69, 9.17) is 0 Å². The van der Waals surface area contributed by atoms with E-state index in [-0.39, 0.29) is 5.92 Å². The first-order valence-corrected chi connectivity index (χ1v) is 15.9. The molecular formula is C42H35N3. The van der Waals surface area contributed by atoms with Gasteiger partial charge in [-0.1, -0.05) is 90.0 Å². The summed E-state index contributed by atoms with van der Waals surface area (Å²) in [5, 5.41) is 23.5. The standard InChI is InChI=1S/C42H35N3/c1-28-10-18-33(19-11-28)45(42-9-5-7-32-6-3-4-8-35(32)42)34-20-15-30(16-21-34)13-14-31-17-23-37-39(25-31)38-24-29(2)12-22-36(38)40(26-43)41(37)27-44/h5,7,9-15,17-25,30H,3-4,6,8,16H2,1-2H3/b14-13-. The maximum atomic E-state index is 9.95. The number of fused-ring (bicyclic) bond motifs is 4. The average Bonchev–Trinajstić information content (AvgIpc) is 3.08. The minimum Gasteiger partial charge on any atom is -0.311 e. The molecule has 5 aromatic carbocycles. The third kappa shape index (κ3) is 5.32. The molecule has 0 aromatic heterocycles. The lowest BCUT2D eigenvalue weighted by atomic mass is 9.89. The van der Waals surface area contributed by atoms with E-state index in [1.165, 1.54) is 46.6 Å². The Balaban J connectivity index is 1.20. The average molecular weight is 582 g/mol. The Hall–Kier alpha value is -5.38. The molecule has 0 N–H and O–H groups in total. The topological polar surface area (TPSA) is 50.8 Å². The number of nitriles is 2. The van der Waals surface area contributed by atoms with E-state index in [2.05, 4.69) is 116 Å². The molecule has 0 aliphatic heterocycles. The second-order valence-electron chi connectivity index (χ2n) is 12.4. The smallest absolute Gasteiger partial charge is 0.101 e. The van der Waals surface area contributed by atoms with Crippen LogP contribution in [0.15, 0.2) is 109 Å². The molecule has 0 fully saturated rings. The fraction of sp³-hybridized carbons (Fsp3) is 0.190. The van der Waals surface area contributed by atoms with Crippen LogP contribution in [0.5, 0.6) is 0 Å². The molecule has 1 atom stereocenters. The molecule has 7 rings (SSSR count). The molecule has 2 aliphatic rings. The van der Waals surface area contributed by atoms with Crippen molar-refractivity contribution in [3.63, 3.8) is 0 Å². The maximum absolute atomic E-state index is 9.95. The number of allylic oxidation sites excluding steroid dienone is 4. The van der Waals surface area contributed by atoms with Crippen molar-refractivity contribution in [1.82, 2.24) is 0 Å². The number of benzene rings is 5. The predicted molar refractivity (Wildman–Crippen MR) is 186 cm³/mol. The van der Waals surface area contributed by atoms with Gasteiger partial charge in [-0.2, -0.15) is 10.5 Å². The lowest BCUT2D eigenvalue weighted by Gasteiger charge is -2.32. The molecule has 218 valence electrons. The number of hydrogen-bond donors (Lipinski definition) is 0. The minimum absolute atomic E-state index is 0.281. The van der Waals surface area contributed by atoms with Crippen molar-refractivity contribution < 1.29 is 0 Å². The fourth-order valence-corrected chi connectivity index (χ4v) is 6.97. The molecule has 0 radical (unpaired) electrons. The zero-order chi connectivity index (χ0) is 30.9. The zero-order valence-electron chi connectivity index (χ0n) is 25.8. The van der Waals surface area contributed by atoms with E-state index < -0.39 is 0 Å². The van der Waals surface area contributed by atoms with Gasteiger partial charge in [0.05, 0.1) is 11.1 Å². The molecule has 0 heterocycles. The minimum atomic E-state index is 0.281. The second kappa shape index (κ2) is 12.0. The first-order valence-electron chi connectivity index (χ1n) is 15.9. The van der Waals surface area contributed by atoms with Crippen molar-refractivity contribution in [2.75, 3.05) is 4.90 Å². The van der Waals surface area contributed by atoms with Crippen LogP contribution in [0.3, 0.4) is 0 Å². The van der Waals surface area contributed by atoms with Crippen molar-refractivity contribution in [3.05, 3.63) is 148 Å². The van der Waals surface area contributed by atoms with Gasteiger partial charge in [0.2, 0.25) is 0 Å². The first-order chi connectivity index (χ1) is 22.0. The fourth-order valence-electron chi connectivity index (χ4n) is 6.97. The van der Waals surface area contributed by atoms with Gasteiger partial charge < -0.3 is 4.90 Å². The summed E-state index contributed by atoms with van der Waals surface area (Å²) in [6, 6.07) is 32.5. The van der Waals surface area contributed by atoms with Crippen molar-refractivity contribution in [2.24, 2.45) is 5.92 Å². The Morgan fingerprint density at radius 2 is 1.47 bits per heavy atom. The largest absolute Gasteiger partial charge is 0.311 e. The van der Waals surface area contributed by atoms with Crippen molar-refractivity contribution in [2.45, 2.75) is 46.0 Å². The van der Waals surface area contributed by atoms with Gasteiger partial charge in [0, 0.05) is 27.8 Å². The highest BCUT2D eigenvalue weighted by Crippen LogP contribution is 2.39. The lowest BCUT2D eigenvalue weighted by molar-refractivity contribution is 0.685. The summed E-state index contributed by atoms with van der Waals surface area (Å²) in [4.78, 5) is 2.44. The Kier molecular flexibility index (Phi) is 7.54. The third-order valence-corrected chi connectivity index (χ3v) is 9.33. The summed E-state index contributed by atoms with van der Waals surface area (Å²) >= 11 is 0. The molecule has 5 aromatic rings. The third-order valence-electron chi connectivity index (χ3n) is 9.33. The van der Waals surface area contributed by atoms with E-state index in [0.29, 0.717) is 11.1 Å². The van der Waals surface area contributed by atoms with Crippen LogP contribution in [0.25, 0.3) is 27.6 Å². The highest BCUT2D eigenvalue weighted by molar-refractivity contribution is 6.13. The highest BCUT2D eigenvalue weighted by atomic mass is 15.1. The number of aryl methyl sites for hydroxylation is 3. The van der Waals surface area contributed by atoms with E-state index >= 15 is 0 Å². The molecule has 0 bridgehead atoms. The van der Waals surface area contributed by atoms with Crippen LogP contribution >= 0.6 is 0 Å². The van der Waals surface area contributed by atoms with Gasteiger partial charge in [-0.3, -0.25) is 0 Å². The second-order valence-corrected chi connectivity index (χ2v) is 12.4. The van der Waals surface area contributed by atoms with Gasteiger partial charge in [-0.25, -0.2) is 0 Å². The zero-order valence-corrected chi connectivity index (χ0v) is 25.8. The molecule has 0 saturated heterocycles. The van der Waals surface area contributed by atoms with E-state index in [1.807, 2.05) is 24.3 Å². The van der Waals surface area contributed by atoms with Gasteiger partial charge in [-0.05, 0) is 110 Å². The van der Waals surface area contributed by atoms with Crippen molar-refractivity contribution >= 4 is 39.0 Å². The van der Waals surface area contributed by atoms with Gasteiger partial charge in [-0.15, -0.1) is 0 Å². The number of nitrogens with zero attached hydrogens (tertiary/aromatic N) is 3. The van der Waals surface area contributed by atoms with Crippen molar-refractivity contribution in [3.8, 4) is 12.1 Å². The number of anilines is 2. The molecule has 3 nitrogen and oxygen atoms in total. The molecule has 1 unspecified atom stereocenters. The molecule has 2 aliphatic carbocycles. The Labute approximate surface area is 265 Å². The van der Waals surface area contributed by atoms with Crippen LogP contribution in [0.2, 0.25) is 0 Å². The normalized spacial score (nSPS) is 15.9. The van der Waals surface area contributed by atoms with Crippen LogP contribution in [-0.4, -0.2) is 0 Å². The van der Waals surface area contributed by atoms with Crippen LogP contribution in [-0.2, 0) is 12.8 Å². The first kappa shape index (κ1) is 28.4. The van der Waals surface area contributed by atoms with Gasteiger partial charge in [0.25, 0.3) is 0 Å². The van der Waals surface area contributed by atoms with Crippen LogP contribution in [0.1, 0.15) is 58.2 Å². The molecular weight excluding hydrogens is 546 g/mol. The molecule has 0 amide bonds. The maximum Gasteiger partial charge on any atom is 0.101 e. The van der Waals surface area contributed by atoms with Crippen LogP contribution < -0.4 is 4.90 Å². The molecule has 0 spiro atoms. The molecule has 0 saturated carbocycles. The number of rotatable bonds is 5. The monoisotopic (exact) mass is 581 g/mol. The Morgan fingerprint density at radius 1 is 0.756 bits per heavy atom. The van der Waals surface area contributed by atoms with E-state index in [0.717, 1.165) is 51.9 Å². The summed E-state index contributed by atoms with van der Waals surface area (Å²) in [6.45, 7) is 4.20. The summed E-state index contributed by atoms with van der Waals surface area (Å²) in [5.41, 5.74) is 11.1. The van der Waals surface area contributed by atoms with Gasteiger partial charge >= 0.3 is 0 Å². The summed E-state index contributed by atoms with van der Waals surface area (Å²) < 4.78 is 0. The predicted octanol–water partition coefficient (Wildman–Crippen LogP) is 10.5. The summed E-state index contributed by atoms with van der Waals surface area (Å²) in [6.07, 6.45) is 17.1. The summed E-state index contributed by atoms with van der Waals surface area (Å²) in [7, 11) is 0. The van der Waals surface area contributed by atoms with Crippen LogP contribution in [0, 0.1) is 42.4 Å². The quantitative estimate of drug-likeness (QED) is 0.194. The summed E-state index contributed by atoms with van der Waals surface area (Å²) in [5.74, 6) is 0.281. The van der Waals surface area contributed by atoms with Crippen LogP contribution in [0.4, 0.5) is 11.4 Å². The van der Waals surface area contributed by atoms with E-state index in [1.54, 1.807) is 0 Å². The Morgan fingerprint density at radius 3 is 2.20 bits per heavy atom. The Bertz CT molecular complexity index is 2130. The van der Waals surface area contributed by atoms with Gasteiger partial charge in [0.15, 0.2) is 0 Å². The van der Waals surface area contributed by atoms with Crippen molar-refractivity contribution in [1.29, 1.82) is 10.5 Å². The number of hydrogen-bond acceptors (Lipinski definition) is 3. The molecule has 45 heavy (non-hydrogen) atoms. The molecule has 3 heteroatoms. The van der Waals surface area contributed by atoms with E-state index in [9.17, 15) is 10.5 Å². The lowest BCUT2D eigenvalue weighted by Crippen LogP contribution is -2.20. The highest BCUT2D eigenvalue weighted by Gasteiger charge is 2.22. The SMILES string of the molecule is Cc1ccc(N(C2=CCC(/C=C\c3ccc4c(C#N)c(C#N)c5ccc(C)cc5c4c3)C=C2)c2cccc3c2CCCC3)cc1. The van der Waals surface area contributed by atoms with Gasteiger partial charge in [0.1, 0.15) is 12.1 Å².